The van der Waals surface area contributed by atoms with Crippen LogP contribution in [-0.4, -0.2) is 22.0 Å². The Morgan fingerprint density at radius 3 is 2.52 bits per heavy atom. The molecule has 2 amide bonds. The number of nitrogens with zero attached hydrogens (tertiary/aromatic N) is 1. The number of carbonyl (C=O) groups is 3. The molecule has 0 spiro atoms. The van der Waals surface area contributed by atoms with Gasteiger partial charge in [-0.05, 0) is 48.2 Å². The van der Waals surface area contributed by atoms with Crippen LogP contribution in [-0.2, 0) is 11.3 Å². The molecule has 166 valence electrons. The maximum Gasteiger partial charge on any atom is 0.345 e. The maximum atomic E-state index is 14.0. The third-order valence-electron chi connectivity index (χ3n) is 4.72. The molecule has 1 fully saturated rings. The third-order valence-corrected chi connectivity index (χ3v) is 6.17. The van der Waals surface area contributed by atoms with Gasteiger partial charge < -0.3 is 4.74 Å². The van der Waals surface area contributed by atoms with Crippen molar-refractivity contribution in [3.8, 4) is 5.75 Å². The van der Waals surface area contributed by atoms with E-state index in [1.54, 1.807) is 30.3 Å². The number of para-hydroxylation sites is 1. The Hall–Kier alpha value is -3.13. The predicted molar refractivity (Wildman–Crippen MR) is 126 cm³/mol. The quantitative estimate of drug-likeness (QED) is 0.224. The Morgan fingerprint density at radius 2 is 1.76 bits per heavy atom. The summed E-state index contributed by atoms with van der Waals surface area (Å²) in [6, 6.07) is 16.9. The summed E-state index contributed by atoms with van der Waals surface area (Å²) in [7, 11) is 0. The van der Waals surface area contributed by atoms with Crippen LogP contribution in [0.1, 0.15) is 21.5 Å². The normalized spacial score (nSPS) is 14.8. The molecule has 1 aliphatic heterocycles. The van der Waals surface area contributed by atoms with Crippen LogP contribution in [0.2, 0.25) is 10.0 Å². The van der Waals surface area contributed by atoms with Gasteiger partial charge in [0.1, 0.15) is 11.6 Å². The summed E-state index contributed by atoms with van der Waals surface area (Å²) >= 11 is 12.7. The van der Waals surface area contributed by atoms with Gasteiger partial charge in [0.25, 0.3) is 11.1 Å². The number of hydrogen-bond acceptors (Lipinski definition) is 5. The lowest BCUT2D eigenvalue weighted by Crippen LogP contribution is -2.27. The van der Waals surface area contributed by atoms with Crippen molar-refractivity contribution in [2.24, 2.45) is 0 Å². The van der Waals surface area contributed by atoms with Crippen molar-refractivity contribution in [1.82, 2.24) is 4.90 Å². The van der Waals surface area contributed by atoms with Crippen molar-refractivity contribution in [3.05, 3.63) is 104 Å². The van der Waals surface area contributed by atoms with Crippen LogP contribution in [0.25, 0.3) is 6.08 Å². The summed E-state index contributed by atoms with van der Waals surface area (Å²) in [6.45, 7) is -0.180. The minimum absolute atomic E-state index is 0.126. The average Bonchev–Trinajstić information content (AvgIpc) is 3.04. The monoisotopic (exact) mass is 501 g/mol. The Kier molecular flexibility index (Phi) is 6.83. The van der Waals surface area contributed by atoms with E-state index in [1.165, 1.54) is 42.5 Å². The van der Waals surface area contributed by atoms with Crippen molar-refractivity contribution < 1.29 is 23.5 Å². The zero-order valence-electron chi connectivity index (χ0n) is 16.8. The first-order valence-electron chi connectivity index (χ1n) is 9.58. The second-order valence-corrected chi connectivity index (χ2v) is 8.75. The molecule has 0 bridgehead atoms. The third kappa shape index (κ3) is 5.11. The van der Waals surface area contributed by atoms with Crippen LogP contribution in [0.4, 0.5) is 9.18 Å². The summed E-state index contributed by atoms with van der Waals surface area (Å²) in [5.41, 5.74) is 0.767. The maximum absolute atomic E-state index is 14.0. The summed E-state index contributed by atoms with van der Waals surface area (Å²) in [5.74, 6) is -1.59. The molecule has 5 nitrogen and oxygen atoms in total. The summed E-state index contributed by atoms with van der Waals surface area (Å²) in [6.07, 6.45) is 1.46. The van der Waals surface area contributed by atoms with Crippen molar-refractivity contribution in [2.75, 3.05) is 0 Å². The molecule has 3 aromatic carbocycles. The molecule has 0 N–H and O–H groups in total. The number of amides is 2. The number of thioether (sulfide) groups is 1. The molecular formula is C24H14Cl2FNO4S. The first-order chi connectivity index (χ1) is 15.8. The number of benzene rings is 3. The lowest BCUT2D eigenvalue weighted by Gasteiger charge is -2.13. The van der Waals surface area contributed by atoms with Gasteiger partial charge in [-0.2, -0.15) is 0 Å². The van der Waals surface area contributed by atoms with Gasteiger partial charge in [-0.3, -0.25) is 14.5 Å². The highest BCUT2D eigenvalue weighted by Crippen LogP contribution is 2.35. The summed E-state index contributed by atoms with van der Waals surface area (Å²) in [4.78, 5) is 38.9. The van der Waals surface area contributed by atoms with Gasteiger partial charge in [0.05, 0.1) is 22.0 Å². The van der Waals surface area contributed by atoms with E-state index in [4.69, 9.17) is 27.9 Å². The standard InChI is InChI=1S/C24H14Cl2FNO4S/c25-16-9-10-17(18(26)12-16)23(30)32-20-8-4-2-5-14(20)11-21-22(29)28(24(31)33-21)13-15-6-1-3-7-19(15)27/h1-12H,13H2/b21-11-. The SMILES string of the molecule is O=C(Oc1ccccc1/C=C1\SC(=O)N(Cc2ccccc2F)C1=O)c1ccc(Cl)cc1Cl. The Bertz CT molecular complexity index is 1310. The molecule has 3 aromatic rings. The number of carbonyl (C=O) groups excluding carboxylic acids is 3. The lowest BCUT2D eigenvalue weighted by molar-refractivity contribution is -0.123. The molecule has 33 heavy (non-hydrogen) atoms. The topological polar surface area (TPSA) is 63.7 Å². The van der Waals surface area contributed by atoms with E-state index in [9.17, 15) is 18.8 Å². The predicted octanol–water partition coefficient (Wildman–Crippen LogP) is 6.59. The van der Waals surface area contributed by atoms with E-state index < -0.39 is 22.9 Å². The molecule has 0 unspecified atom stereocenters. The van der Waals surface area contributed by atoms with Crippen LogP contribution in [0.15, 0.2) is 71.6 Å². The smallest absolute Gasteiger partial charge is 0.345 e. The van der Waals surface area contributed by atoms with Gasteiger partial charge >= 0.3 is 5.97 Å². The summed E-state index contributed by atoms with van der Waals surface area (Å²) < 4.78 is 19.5. The average molecular weight is 502 g/mol. The van der Waals surface area contributed by atoms with E-state index in [-0.39, 0.29) is 33.3 Å². The highest BCUT2D eigenvalue weighted by molar-refractivity contribution is 8.18. The fourth-order valence-electron chi connectivity index (χ4n) is 3.08. The van der Waals surface area contributed by atoms with E-state index in [2.05, 4.69) is 0 Å². The van der Waals surface area contributed by atoms with Gasteiger partial charge in [0, 0.05) is 16.1 Å². The van der Waals surface area contributed by atoms with Crippen LogP contribution >= 0.6 is 35.0 Å². The van der Waals surface area contributed by atoms with Crippen molar-refractivity contribution in [3.63, 3.8) is 0 Å². The molecule has 0 saturated carbocycles. The molecule has 0 aromatic heterocycles. The molecule has 1 saturated heterocycles. The number of ether oxygens (including phenoxy) is 1. The molecule has 1 aliphatic rings. The van der Waals surface area contributed by atoms with Gasteiger partial charge in [-0.15, -0.1) is 0 Å². The zero-order chi connectivity index (χ0) is 23.5. The number of hydrogen-bond donors (Lipinski definition) is 0. The zero-order valence-corrected chi connectivity index (χ0v) is 19.1. The first kappa shape index (κ1) is 23.0. The molecule has 1 heterocycles. The van der Waals surface area contributed by atoms with Crippen molar-refractivity contribution >= 4 is 58.2 Å². The van der Waals surface area contributed by atoms with Crippen LogP contribution in [0, 0.1) is 5.82 Å². The van der Waals surface area contributed by atoms with Crippen LogP contribution in [0.3, 0.4) is 0 Å². The number of rotatable bonds is 5. The number of halogens is 3. The van der Waals surface area contributed by atoms with Crippen LogP contribution in [0.5, 0.6) is 5.75 Å². The number of imide groups is 1. The molecule has 0 radical (unpaired) electrons. The summed E-state index contributed by atoms with van der Waals surface area (Å²) in [5, 5.41) is -0.000714. The largest absolute Gasteiger partial charge is 0.422 e. The Balaban J connectivity index is 1.57. The highest BCUT2D eigenvalue weighted by Gasteiger charge is 2.35. The Labute approximate surface area is 202 Å². The van der Waals surface area contributed by atoms with Crippen molar-refractivity contribution in [2.45, 2.75) is 6.54 Å². The van der Waals surface area contributed by atoms with E-state index in [0.29, 0.717) is 10.6 Å². The van der Waals surface area contributed by atoms with E-state index in [1.807, 2.05) is 0 Å². The minimum atomic E-state index is -0.704. The second-order valence-electron chi connectivity index (χ2n) is 6.91. The highest BCUT2D eigenvalue weighted by atomic mass is 35.5. The molecule has 0 atom stereocenters. The van der Waals surface area contributed by atoms with Gasteiger partial charge in [-0.1, -0.05) is 59.6 Å². The fraction of sp³-hybridized carbons (Fsp3) is 0.0417. The first-order valence-corrected chi connectivity index (χ1v) is 11.2. The van der Waals surface area contributed by atoms with E-state index in [0.717, 1.165) is 16.7 Å². The van der Waals surface area contributed by atoms with E-state index >= 15 is 0 Å². The van der Waals surface area contributed by atoms with Crippen molar-refractivity contribution in [1.29, 1.82) is 0 Å². The molecule has 9 heteroatoms. The molecule has 4 rings (SSSR count). The van der Waals surface area contributed by atoms with Gasteiger partial charge in [0.2, 0.25) is 0 Å². The van der Waals surface area contributed by atoms with Crippen LogP contribution < -0.4 is 4.74 Å². The number of esters is 1. The molecule has 0 aliphatic carbocycles. The lowest BCUT2D eigenvalue weighted by atomic mass is 10.1. The van der Waals surface area contributed by atoms with Gasteiger partial charge in [-0.25, -0.2) is 9.18 Å². The molecular weight excluding hydrogens is 488 g/mol. The second kappa shape index (κ2) is 9.79. The van der Waals surface area contributed by atoms with Gasteiger partial charge in [0.15, 0.2) is 0 Å². The fourth-order valence-corrected chi connectivity index (χ4v) is 4.39. The minimum Gasteiger partial charge on any atom is -0.422 e. The Morgan fingerprint density at radius 1 is 1.03 bits per heavy atom.